The predicted octanol–water partition coefficient (Wildman–Crippen LogP) is 2.82. The van der Waals surface area contributed by atoms with Gasteiger partial charge in [-0.25, -0.2) is 4.79 Å². The van der Waals surface area contributed by atoms with Crippen LogP contribution in [-0.2, 0) is 4.79 Å². The fourth-order valence-corrected chi connectivity index (χ4v) is 2.00. The topological polar surface area (TPSA) is 69.6 Å². The molecular weight excluding hydrogens is 288 g/mol. The number of para-hydroxylation sites is 1. The van der Waals surface area contributed by atoms with E-state index in [1.54, 1.807) is 16.7 Å². The second kappa shape index (κ2) is 9.28. The van der Waals surface area contributed by atoms with Crippen molar-refractivity contribution in [3.8, 4) is 0 Å². The second-order valence-electron chi connectivity index (χ2n) is 4.72. The SMILES string of the molecule is CSC(C)CNC(=O)N(CCCC(=O)O)c1ccccc1. The average molecular weight is 310 g/mol. The van der Waals surface area contributed by atoms with Gasteiger partial charge in [0.1, 0.15) is 0 Å². The highest BCUT2D eigenvalue weighted by atomic mass is 32.2. The van der Waals surface area contributed by atoms with E-state index in [-0.39, 0.29) is 12.5 Å². The monoisotopic (exact) mass is 310 g/mol. The fraction of sp³-hybridized carbons (Fsp3) is 0.467. The van der Waals surface area contributed by atoms with Gasteiger partial charge in [0.2, 0.25) is 0 Å². The first kappa shape index (κ1) is 17.4. The number of nitrogens with zero attached hydrogens (tertiary/aromatic N) is 1. The molecule has 1 aromatic rings. The molecule has 0 aromatic heterocycles. The number of nitrogens with one attached hydrogen (secondary N) is 1. The Morgan fingerprint density at radius 1 is 1.33 bits per heavy atom. The van der Waals surface area contributed by atoms with Gasteiger partial charge in [-0.15, -0.1) is 0 Å². The molecule has 0 spiro atoms. The molecule has 0 heterocycles. The second-order valence-corrected chi connectivity index (χ2v) is 5.99. The Hall–Kier alpha value is -1.69. The molecule has 0 aliphatic carbocycles. The van der Waals surface area contributed by atoms with Crippen molar-refractivity contribution in [2.75, 3.05) is 24.2 Å². The Morgan fingerprint density at radius 3 is 2.57 bits per heavy atom. The van der Waals surface area contributed by atoms with E-state index in [1.807, 2.05) is 43.5 Å². The van der Waals surface area contributed by atoms with Gasteiger partial charge < -0.3 is 10.4 Å². The van der Waals surface area contributed by atoms with Crippen molar-refractivity contribution in [1.82, 2.24) is 5.32 Å². The Balaban J connectivity index is 2.67. The van der Waals surface area contributed by atoms with Gasteiger partial charge in [0.25, 0.3) is 0 Å². The molecule has 1 atom stereocenters. The number of benzene rings is 1. The van der Waals surface area contributed by atoms with Crippen LogP contribution in [0.3, 0.4) is 0 Å². The van der Waals surface area contributed by atoms with Crippen LogP contribution in [0.2, 0.25) is 0 Å². The van der Waals surface area contributed by atoms with E-state index < -0.39 is 5.97 Å². The molecule has 0 radical (unpaired) electrons. The molecule has 5 nitrogen and oxygen atoms in total. The predicted molar refractivity (Wildman–Crippen MR) is 87.0 cm³/mol. The molecule has 2 amide bonds. The normalized spacial score (nSPS) is 11.7. The van der Waals surface area contributed by atoms with Gasteiger partial charge in [-0.3, -0.25) is 9.69 Å². The first-order chi connectivity index (χ1) is 10.0. The van der Waals surface area contributed by atoms with Gasteiger partial charge in [-0.1, -0.05) is 25.1 Å². The molecule has 21 heavy (non-hydrogen) atoms. The maximum absolute atomic E-state index is 12.3. The summed E-state index contributed by atoms with van der Waals surface area (Å²) in [4.78, 5) is 24.5. The van der Waals surface area contributed by atoms with Crippen LogP contribution in [0.5, 0.6) is 0 Å². The number of rotatable bonds is 8. The van der Waals surface area contributed by atoms with Crippen LogP contribution in [0.1, 0.15) is 19.8 Å². The smallest absolute Gasteiger partial charge is 0.321 e. The summed E-state index contributed by atoms with van der Waals surface area (Å²) in [6.45, 7) is 3.01. The van der Waals surface area contributed by atoms with Gasteiger partial charge in [0, 0.05) is 30.4 Å². The van der Waals surface area contributed by atoms with E-state index in [2.05, 4.69) is 5.32 Å². The molecule has 116 valence electrons. The van der Waals surface area contributed by atoms with Crippen molar-refractivity contribution in [3.63, 3.8) is 0 Å². The molecule has 1 rings (SSSR count). The fourth-order valence-electron chi connectivity index (χ4n) is 1.75. The number of amides is 2. The zero-order chi connectivity index (χ0) is 15.7. The summed E-state index contributed by atoms with van der Waals surface area (Å²) >= 11 is 1.69. The number of carbonyl (C=O) groups excluding carboxylic acids is 1. The molecule has 0 saturated heterocycles. The van der Waals surface area contributed by atoms with Crippen molar-refractivity contribution < 1.29 is 14.7 Å². The Labute approximate surface area is 129 Å². The summed E-state index contributed by atoms with van der Waals surface area (Å²) in [5, 5.41) is 11.9. The molecular formula is C15H22N2O3S. The van der Waals surface area contributed by atoms with Crippen LogP contribution < -0.4 is 10.2 Å². The summed E-state index contributed by atoms with van der Waals surface area (Å²) in [5.41, 5.74) is 0.775. The molecule has 0 aliphatic heterocycles. The number of carboxylic acids is 1. The number of thioether (sulfide) groups is 1. The lowest BCUT2D eigenvalue weighted by molar-refractivity contribution is -0.137. The van der Waals surface area contributed by atoms with E-state index in [0.717, 1.165) is 5.69 Å². The van der Waals surface area contributed by atoms with Crippen LogP contribution in [0.4, 0.5) is 10.5 Å². The highest BCUT2D eigenvalue weighted by molar-refractivity contribution is 7.99. The highest BCUT2D eigenvalue weighted by Crippen LogP contribution is 2.14. The number of urea groups is 1. The van der Waals surface area contributed by atoms with Crippen LogP contribution in [0.15, 0.2) is 30.3 Å². The van der Waals surface area contributed by atoms with E-state index in [0.29, 0.717) is 24.8 Å². The lowest BCUT2D eigenvalue weighted by atomic mass is 10.2. The number of hydrogen-bond acceptors (Lipinski definition) is 3. The van der Waals surface area contributed by atoms with Gasteiger partial charge in [-0.05, 0) is 24.8 Å². The third-order valence-electron chi connectivity index (χ3n) is 3.03. The van der Waals surface area contributed by atoms with Crippen molar-refractivity contribution in [2.45, 2.75) is 25.0 Å². The van der Waals surface area contributed by atoms with Crippen molar-refractivity contribution >= 4 is 29.4 Å². The van der Waals surface area contributed by atoms with Crippen molar-refractivity contribution in [1.29, 1.82) is 0 Å². The van der Waals surface area contributed by atoms with Crippen molar-refractivity contribution in [2.24, 2.45) is 0 Å². The van der Waals surface area contributed by atoms with E-state index >= 15 is 0 Å². The number of aliphatic carboxylic acids is 1. The number of carbonyl (C=O) groups is 2. The Morgan fingerprint density at radius 2 is 2.00 bits per heavy atom. The molecule has 1 unspecified atom stereocenters. The first-order valence-corrected chi connectivity index (χ1v) is 8.18. The van der Waals surface area contributed by atoms with Crippen LogP contribution in [-0.4, -0.2) is 41.7 Å². The van der Waals surface area contributed by atoms with Gasteiger partial charge in [-0.2, -0.15) is 11.8 Å². The maximum atomic E-state index is 12.3. The summed E-state index contributed by atoms with van der Waals surface area (Å²) in [5.74, 6) is -0.848. The Kier molecular flexibility index (Phi) is 7.68. The summed E-state index contributed by atoms with van der Waals surface area (Å²) in [6, 6.07) is 9.10. The zero-order valence-corrected chi connectivity index (χ0v) is 13.2. The maximum Gasteiger partial charge on any atom is 0.321 e. The van der Waals surface area contributed by atoms with Gasteiger partial charge in [0.05, 0.1) is 0 Å². The molecule has 2 N–H and O–H groups in total. The van der Waals surface area contributed by atoms with E-state index in [1.165, 1.54) is 0 Å². The number of anilines is 1. The standard InChI is InChI=1S/C15H22N2O3S/c1-12(21-2)11-16-15(20)17(10-6-9-14(18)19)13-7-4-3-5-8-13/h3-5,7-8,12H,6,9-11H2,1-2H3,(H,16,20)(H,18,19). The van der Waals surface area contributed by atoms with Gasteiger partial charge in [0.15, 0.2) is 0 Å². The average Bonchev–Trinajstić information content (AvgIpc) is 2.49. The first-order valence-electron chi connectivity index (χ1n) is 6.89. The minimum Gasteiger partial charge on any atom is -0.481 e. The largest absolute Gasteiger partial charge is 0.481 e. The third kappa shape index (κ3) is 6.53. The van der Waals surface area contributed by atoms with Crippen LogP contribution in [0, 0.1) is 0 Å². The number of hydrogen-bond donors (Lipinski definition) is 2. The van der Waals surface area contributed by atoms with Crippen molar-refractivity contribution in [3.05, 3.63) is 30.3 Å². The number of carboxylic acid groups (broad SMARTS) is 1. The zero-order valence-electron chi connectivity index (χ0n) is 12.4. The molecule has 0 fully saturated rings. The van der Waals surface area contributed by atoms with Crippen LogP contribution >= 0.6 is 11.8 Å². The molecule has 1 aromatic carbocycles. The lowest BCUT2D eigenvalue weighted by Crippen LogP contribution is -2.42. The quantitative estimate of drug-likeness (QED) is 0.774. The molecule has 6 heteroatoms. The van der Waals surface area contributed by atoms with Gasteiger partial charge >= 0.3 is 12.0 Å². The summed E-state index contributed by atoms with van der Waals surface area (Å²) in [7, 11) is 0. The lowest BCUT2D eigenvalue weighted by Gasteiger charge is -2.23. The van der Waals surface area contributed by atoms with E-state index in [9.17, 15) is 9.59 Å². The minimum absolute atomic E-state index is 0.0534. The minimum atomic E-state index is -0.848. The summed E-state index contributed by atoms with van der Waals surface area (Å²) in [6.07, 6.45) is 2.48. The molecule has 0 bridgehead atoms. The third-order valence-corrected chi connectivity index (χ3v) is 4.00. The summed E-state index contributed by atoms with van der Waals surface area (Å²) < 4.78 is 0. The molecule has 0 saturated carbocycles. The highest BCUT2D eigenvalue weighted by Gasteiger charge is 2.16. The molecule has 0 aliphatic rings. The Bertz CT molecular complexity index is 453. The van der Waals surface area contributed by atoms with Crippen LogP contribution in [0.25, 0.3) is 0 Å². The van der Waals surface area contributed by atoms with E-state index in [4.69, 9.17) is 5.11 Å².